The summed E-state index contributed by atoms with van der Waals surface area (Å²) in [6.07, 6.45) is 0. The fraction of sp³-hybridized carbons (Fsp3) is 0.333. The molecule has 3 N–H and O–H groups in total. The third-order valence-electron chi connectivity index (χ3n) is 5.18. The smallest absolute Gasteiger partial charge is 0.248 e. The first-order chi connectivity index (χ1) is 13.9. The molecule has 29 heavy (non-hydrogen) atoms. The Kier molecular flexibility index (Phi) is 6.61. The van der Waals surface area contributed by atoms with Crippen LogP contribution in [-0.4, -0.2) is 56.0 Å². The number of hydrogen-bond donors (Lipinski definition) is 2. The second-order valence-electron chi connectivity index (χ2n) is 6.94. The summed E-state index contributed by atoms with van der Waals surface area (Å²) < 4.78 is 5.29. The van der Waals surface area contributed by atoms with Crippen molar-refractivity contribution in [3.05, 3.63) is 53.1 Å². The van der Waals surface area contributed by atoms with Crippen LogP contribution in [0.3, 0.4) is 0 Å². The first-order valence-electron chi connectivity index (χ1n) is 9.42. The van der Waals surface area contributed by atoms with Gasteiger partial charge in [0.1, 0.15) is 5.75 Å². The Morgan fingerprint density at radius 1 is 1.10 bits per heavy atom. The molecule has 1 saturated heterocycles. The molecule has 1 aliphatic heterocycles. The predicted octanol–water partition coefficient (Wildman–Crippen LogP) is 2.60. The van der Waals surface area contributed by atoms with E-state index < -0.39 is 5.91 Å². The minimum Gasteiger partial charge on any atom is -0.495 e. The van der Waals surface area contributed by atoms with Crippen LogP contribution in [0.4, 0.5) is 11.4 Å². The van der Waals surface area contributed by atoms with Crippen molar-refractivity contribution >= 4 is 34.8 Å². The van der Waals surface area contributed by atoms with Crippen LogP contribution < -0.4 is 20.7 Å². The molecule has 8 heteroatoms. The van der Waals surface area contributed by atoms with Gasteiger partial charge in [-0.1, -0.05) is 11.6 Å². The fourth-order valence-electron chi connectivity index (χ4n) is 3.38. The van der Waals surface area contributed by atoms with Gasteiger partial charge in [-0.25, -0.2) is 0 Å². The molecule has 0 radical (unpaired) electrons. The minimum absolute atomic E-state index is 0.107. The van der Waals surface area contributed by atoms with Crippen LogP contribution in [0.25, 0.3) is 0 Å². The number of ether oxygens (including phenoxy) is 1. The summed E-state index contributed by atoms with van der Waals surface area (Å²) in [6.45, 7) is 4.96. The third kappa shape index (κ3) is 4.99. The van der Waals surface area contributed by atoms with Crippen LogP contribution >= 0.6 is 11.6 Å². The Morgan fingerprint density at radius 3 is 2.34 bits per heavy atom. The van der Waals surface area contributed by atoms with Crippen molar-refractivity contribution in [3.8, 4) is 5.75 Å². The van der Waals surface area contributed by atoms with Crippen LogP contribution in [-0.2, 0) is 4.79 Å². The van der Waals surface area contributed by atoms with Crippen molar-refractivity contribution in [3.63, 3.8) is 0 Å². The average molecular weight is 417 g/mol. The lowest BCUT2D eigenvalue weighted by molar-refractivity contribution is -0.120. The van der Waals surface area contributed by atoms with Gasteiger partial charge >= 0.3 is 0 Å². The SMILES string of the molecule is COc1ccc(Cl)cc1NC(=O)C(C)N1CCN(c2ccc(C(N)=O)cc2)CC1. The first kappa shape index (κ1) is 21.0. The molecule has 2 amide bonds. The van der Waals surface area contributed by atoms with Crippen molar-refractivity contribution in [1.29, 1.82) is 0 Å². The average Bonchev–Trinajstić information content (AvgIpc) is 2.73. The van der Waals surface area contributed by atoms with E-state index in [9.17, 15) is 9.59 Å². The highest BCUT2D eigenvalue weighted by molar-refractivity contribution is 6.31. The van der Waals surface area contributed by atoms with E-state index in [1.54, 1.807) is 37.4 Å². The number of rotatable bonds is 6. The fourth-order valence-corrected chi connectivity index (χ4v) is 3.56. The lowest BCUT2D eigenvalue weighted by atomic mass is 10.1. The Labute approximate surface area is 175 Å². The number of nitrogens with two attached hydrogens (primary N) is 1. The highest BCUT2D eigenvalue weighted by atomic mass is 35.5. The number of methoxy groups -OCH3 is 1. The summed E-state index contributed by atoms with van der Waals surface area (Å²) in [4.78, 5) is 28.3. The van der Waals surface area contributed by atoms with Crippen LogP contribution in [0.1, 0.15) is 17.3 Å². The van der Waals surface area contributed by atoms with E-state index in [2.05, 4.69) is 15.1 Å². The summed E-state index contributed by atoms with van der Waals surface area (Å²) in [7, 11) is 1.55. The van der Waals surface area contributed by atoms with E-state index in [0.717, 1.165) is 31.9 Å². The molecule has 1 aliphatic rings. The predicted molar refractivity (Wildman–Crippen MR) is 115 cm³/mol. The van der Waals surface area contributed by atoms with Gasteiger partial charge in [-0.3, -0.25) is 14.5 Å². The zero-order valence-corrected chi connectivity index (χ0v) is 17.3. The largest absolute Gasteiger partial charge is 0.495 e. The van der Waals surface area contributed by atoms with Gasteiger partial charge in [0.2, 0.25) is 11.8 Å². The molecule has 0 bridgehead atoms. The number of anilines is 2. The van der Waals surface area contributed by atoms with E-state index in [1.807, 2.05) is 19.1 Å². The molecule has 7 nitrogen and oxygen atoms in total. The van der Waals surface area contributed by atoms with Crippen molar-refractivity contribution in [1.82, 2.24) is 4.90 Å². The van der Waals surface area contributed by atoms with E-state index in [-0.39, 0.29) is 11.9 Å². The minimum atomic E-state index is -0.433. The second-order valence-corrected chi connectivity index (χ2v) is 7.38. The standard InChI is InChI=1S/C21H25ClN4O3/c1-14(21(28)24-18-13-16(22)5-8-19(18)29-2)25-9-11-26(12-10-25)17-6-3-15(4-7-17)20(23)27/h3-8,13-14H,9-12H2,1-2H3,(H2,23,27)(H,24,28). The highest BCUT2D eigenvalue weighted by Crippen LogP contribution is 2.28. The number of nitrogens with zero attached hydrogens (tertiary/aromatic N) is 2. The summed E-state index contributed by atoms with van der Waals surface area (Å²) in [5.41, 5.74) is 7.38. The molecule has 1 atom stereocenters. The van der Waals surface area contributed by atoms with Crippen LogP contribution in [0.2, 0.25) is 5.02 Å². The van der Waals surface area contributed by atoms with E-state index in [0.29, 0.717) is 22.0 Å². The maximum Gasteiger partial charge on any atom is 0.248 e. The number of amides is 2. The first-order valence-corrected chi connectivity index (χ1v) is 9.80. The highest BCUT2D eigenvalue weighted by Gasteiger charge is 2.26. The second kappa shape index (κ2) is 9.15. The van der Waals surface area contributed by atoms with Gasteiger partial charge in [-0.15, -0.1) is 0 Å². The number of carbonyl (C=O) groups excluding carboxylic acids is 2. The molecule has 2 aromatic rings. The van der Waals surface area contributed by atoms with Gasteiger partial charge in [-0.05, 0) is 49.4 Å². The maximum absolute atomic E-state index is 12.7. The molecule has 1 unspecified atom stereocenters. The molecule has 0 aromatic heterocycles. The van der Waals surface area contributed by atoms with Crippen molar-refractivity contribution in [2.24, 2.45) is 5.73 Å². The maximum atomic E-state index is 12.7. The summed E-state index contributed by atoms with van der Waals surface area (Å²) >= 11 is 6.04. The molecule has 154 valence electrons. The molecule has 3 rings (SSSR count). The number of hydrogen-bond acceptors (Lipinski definition) is 5. The molecular formula is C21H25ClN4O3. The van der Waals surface area contributed by atoms with E-state index >= 15 is 0 Å². The van der Waals surface area contributed by atoms with Gasteiger partial charge in [-0.2, -0.15) is 0 Å². The third-order valence-corrected chi connectivity index (χ3v) is 5.41. The molecule has 2 aromatic carbocycles. The van der Waals surface area contributed by atoms with Crippen LogP contribution in [0.5, 0.6) is 5.75 Å². The molecule has 0 saturated carbocycles. The summed E-state index contributed by atoms with van der Waals surface area (Å²) in [5, 5.41) is 3.44. The normalized spacial score (nSPS) is 15.6. The molecule has 0 aliphatic carbocycles. The van der Waals surface area contributed by atoms with Crippen LogP contribution in [0.15, 0.2) is 42.5 Å². The van der Waals surface area contributed by atoms with Crippen LogP contribution in [0, 0.1) is 0 Å². The monoisotopic (exact) mass is 416 g/mol. The van der Waals surface area contributed by atoms with Crippen molar-refractivity contribution in [2.75, 3.05) is 43.5 Å². The molecule has 1 fully saturated rings. The zero-order valence-electron chi connectivity index (χ0n) is 16.5. The summed E-state index contributed by atoms with van der Waals surface area (Å²) in [6, 6.07) is 12.1. The lowest BCUT2D eigenvalue weighted by Gasteiger charge is -2.38. The Morgan fingerprint density at radius 2 is 1.76 bits per heavy atom. The van der Waals surface area contributed by atoms with Crippen molar-refractivity contribution in [2.45, 2.75) is 13.0 Å². The van der Waals surface area contributed by atoms with Gasteiger partial charge in [0.25, 0.3) is 0 Å². The molecule has 1 heterocycles. The number of benzene rings is 2. The quantitative estimate of drug-likeness (QED) is 0.755. The lowest BCUT2D eigenvalue weighted by Crippen LogP contribution is -2.52. The summed E-state index contributed by atoms with van der Waals surface area (Å²) in [5.74, 6) is 0.0292. The van der Waals surface area contributed by atoms with E-state index in [4.69, 9.17) is 22.1 Å². The van der Waals surface area contributed by atoms with Gasteiger partial charge in [0, 0.05) is 42.5 Å². The molecular weight excluding hydrogens is 392 g/mol. The molecule has 0 spiro atoms. The topological polar surface area (TPSA) is 87.9 Å². The number of primary amides is 1. The number of halogens is 1. The number of piperazine rings is 1. The number of carbonyl (C=O) groups is 2. The van der Waals surface area contributed by atoms with Gasteiger partial charge < -0.3 is 20.7 Å². The Balaban J connectivity index is 1.58. The van der Waals surface area contributed by atoms with Crippen molar-refractivity contribution < 1.29 is 14.3 Å². The number of nitrogens with one attached hydrogen (secondary N) is 1. The van der Waals surface area contributed by atoms with E-state index in [1.165, 1.54) is 0 Å². The zero-order chi connectivity index (χ0) is 21.0. The Hall–Kier alpha value is -2.77. The van der Waals surface area contributed by atoms with Gasteiger partial charge in [0.15, 0.2) is 0 Å². The Bertz CT molecular complexity index is 880. The van der Waals surface area contributed by atoms with Gasteiger partial charge in [0.05, 0.1) is 18.8 Å².